The van der Waals surface area contributed by atoms with Crippen LogP contribution >= 0.6 is 0 Å². The summed E-state index contributed by atoms with van der Waals surface area (Å²) in [5.74, 6) is -0.714. The number of carbonyl (C=O) groups excluding carboxylic acids is 4. The van der Waals surface area contributed by atoms with E-state index in [1.165, 1.54) is 0 Å². The maximum absolute atomic E-state index is 12.4. The second-order valence-electron chi connectivity index (χ2n) is 7.59. The van der Waals surface area contributed by atoms with Crippen LogP contribution < -0.4 is 5.32 Å². The first-order valence-electron chi connectivity index (χ1n) is 9.40. The summed E-state index contributed by atoms with van der Waals surface area (Å²) < 4.78 is 5.18. The number of fused-ring (bicyclic) bond motifs is 1. The topological polar surface area (TPSA) is 92.8 Å². The van der Waals surface area contributed by atoms with Gasteiger partial charge in [-0.15, -0.1) is 0 Å². The zero-order chi connectivity index (χ0) is 19.0. The minimum Gasteiger partial charge on any atom is -0.457 e. The van der Waals surface area contributed by atoms with Crippen molar-refractivity contribution in [1.29, 1.82) is 0 Å². The van der Waals surface area contributed by atoms with E-state index in [1.807, 2.05) is 0 Å². The lowest BCUT2D eigenvalue weighted by Gasteiger charge is -2.17. The van der Waals surface area contributed by atoms with E-state index in [9.17, 15) is 19.2 Å². The number of amides is 2. The largest absolute Gasteiger partial charge is 0.457 e. The van der Waals surface area contributed by atoms with E-state index in [-0.39, 0.29) is 30.6 Å². The quantitative estimate of drug-likeness (QED) is 0.606. The predicted molar refractivity (Wildman–Crippen MR) is 96.1 cm³/mol. The molecule has 0 spiro atoms. The number of nitrogens with zero attached hydrogens (tertiary/aromatic N) is 1. The van der Waals surface area contributed by atoms with Crippen molar-refractivity contribution >= 4 is 29.3 Å². The van der Waals surface area contributed by atoms with Gasteiger partial charge in [-0.1, -0.05) is 0 Å². The molecule has 1 aliphatic carbocycles. The number of Topliss-reactive ketones (excluding diaryl/α,β-unsaturated/α-hetero) is 1. The van der Waals surface area contributed by atoms with Crippen molar-refractivity contribution in [3.63, 3.8) is 0 Å². The third-order valence-electron chi connectivity index (χ3n) is 5.39. The van der Waals surface area contributed by atoms with Gasteiger partial charge in [0.25, 0.3) is 0 Å². The third-order valence-corrected chi connectivity index (χ3v) is 5.39. The summed E-state index contributed by atoms with van der Waals surface area (Å²) in [5, 5.41) is 2.77. The van der Waals surface area contributed by atoms with E-state index in [0.29, 0.717) is 30.9 Å². The van der Waals surface area contributed by atoms with Crippen molar-refractivity contribution < 1.29 is 23.9 Å². The Kier molecular flexibility index (Phi) is 4.68. The molecule has 7 nitrogen and oxygen atoms in total. The predicted octanol–water partition coefficient (Wildman–Crippen LogP) is 1.56. The molecule has 1 aromatic carbocycles. The summed E-state index contributed by atoms with van der Waals surface area (Å²) in [6.07, 6.45) is 3.45. The molecule has 27 heavy (non-hydrogen) atoms. The molecule has 1 aromatic rings. The Balaban J connectivity index is 1.30. The molecular weight excluding hydrogens is 348 g/mol. The van der Waals surface area contributed by atoms with Crippen LogP contribution in [0.2, 0.25) is 0 Å². The molecular formula is C20H22N2O5. The number of esters is 1. The Morgan fingerprint density at radius 1 is 1.19 bits per heavy atom. The Morgan fingerprint density at radius 3 is 2.78 bits per heavy atom. The van der Waals surface area contributed by atoms with Gasteiger partial charge < -0.3 is 15.0 Å². The molecule has 2 amide bonds. The molecule has 142 valence electrons. The highest BCUT2D eigenvalue weighted by molar-refractivity contribution is 6.00. The lowest BCUT2D eigenvalue weighted by molar-refractivity contribution is -0.147. The highest BCUT2D eigenvalue weighted by atomic mass is 16.5. The first kappa shape index (κ1) is 17.7. The molecule has 1 saturated heterocycles. The van der Waals surface area contributed by atoms with Gasteiger partial charge in [-0.2, -0.15) is 0 Å². The Morgan fingerprint density at radius 2 is 2.00 bits per heavy atom. The Bertz CT molecular complexity index is 815. The van der Waals surface area contributed by atoms with Crippen LogP contribution in [0.1, 0.15) is 41.6 Å². The monoisotopic (exact) mass is 370 g/mol. The average molecular weight is 370 g/mol. The fourth-order valence-corrected chi connectivity index (χ4v) is 3.61. The third kappa shape index (κ3) is 4.02. The van der Waals surface area contributed by atoms with Gasteiger partial charge >= 0.3 is 5.97 Å². The number of aryl methyl sites for hydroxylation is 1. The van der Waals surface area contributed by atoms with Crippen LogP contribution in [0.15, 0.2) is 18.2 Å². The van der Waals surface area contributed by atoms with Crippen LogP contribution in [0.3, 0.4) is 0 Å². The van der Waals surface area contributed by atoms with Crippen molar-refractivity contribution in [3.05, 3.63) is 29.3 Å². The number of benzene rings is 1. The van der Waals surface area contributed by atoms with E-state index >= 15 is 0 Å². The van der Waals surface area contributed by atoms with Gasteiger partial charge in [0.15, 0.2) is 12.4 Å². The molecule has 4 rings (SSSR count). The van der Waals surface area contributed by atoms with Crippen molar-refractivity contribution in [1.82, 2.24) is 4.90 Å². The van der Waals surface area contributed by atoms with E-state index in [4.69, 9.17) is 4.74 Å². The SMILES string of the molecule is O=C1CCc2cc(C(=O)COC(=O)[C@@H]3CC(=O)N(CC4CC4)C3)ccc2N1. The highest BCUT2D eigenvalue weighted by Crippen LogP contribution is 2.32. The maximum Gasteiger partial charge on any atom is 0.311 e. The molecule has 0 unspecified atom stereocenters. The zero-order valence-electron chi connectivity index (χ0n) is 15.0. The minimum atomic E-state index is -0.486. The summed E-state index contributed by atoms with van der Waals surface area (Å²) in [6.45, 7) is 0.783. The molecule has 2 fully saturated rings. The van der Waals surface area contributed by atoms with Crippen molar-refractivity contribution in [2.45, 2.75) is 32.1 Å². The summed E-state index contributed by atoms with van der Waals surface area (Å²) >= 11 is 0. The average Bonchev–Trinajstić information content (AvgIpc) is 3.40. The number of hydrogen-bond donors (Lipinski definition) is 1. The van der Waals surface area contributed by atoms with Gasteiger partial charge in [0.1, 0.15) is 0 Å². The fraction of sp³-hybridized carbons (Fsp3) is 0.500. The molecule has 1 atom stereocenters. The number of rotatable bonds is 6. The molecule has 0 radical (unpaired) electrons. The van der Waals surface area contributed by atoms with Gasteiger partial charge in [0, 0.05) is 37.2 Å². The lowest BCUT2D eigenvalue weighted by atomic mass is 9.99. The lowest BCUT2D eigenvalue weighted by Crippen LogP contribution is -2.29. The number of nitrogens with one attached hydrogen (secondary N) is 1. The summed E-state index contributed by atoms with van der Waals surface area (Å²) in [6, 6.07) is 5.06. The van der Waals surface area contributed by atoms with E-state index < -0.39 is 11.9 Å². The van der Waals surface area contributed by atoms with E-state index in [2.05, 4.69) is 5.32 Å². The van der Waals surface area contributed by atoms with Crippen LogP contribution in [0.5, 0.6) is 0 Å². The van der Waals surface area contributed by atoms with Crippen molar-refractivity contribution in [2.24, 2.45) is 11.8 Å². The molecule has 1 N–H and O–H groups in total. The number of anilines is 1. The molecule has 3 aliphatic rings. The van der Waals surface area contributed by atoms with Crippen molar-refractivity contribution in [2.75, 3.05) is 25.0 Å². The summed E-state index contributed by atoms with van der Waals surface area (Å²) in [4.78, 5) is 49.7. The molecule has 7 heteroatoms. The first-order chi connectivity index (χ1) is 13.0. The molecule has 2 aliphatic heterocycles. The van der Waals surface area contributed by atoms with Crippen LogP contribution in [-0.4, -0.2) is 48.2 Å². The second-order valence-corrected chi connectivity index (χ2v) is 7.59. The molecule has 1 saturated carbocycles. The zero-order valence-corrected chi connectivity index (χ0v) is 15.0. The van der Waals surface area contributed by atoms with Gasteiger partial charge in [0.05, 0.1) is 5.92 Å². The summed E-state index contributed by atoms with van der Waals surface area (Å²) in [7, 11) is 0. The minimum absolute atomic E-state index is 0.00749. The molecule has 0 aromatic heterocycles. The van der Waals surface area contributed by atoms with Gasteiger partial charge in [-0.25, -0.2) is 0 Å². The first-order valence-corrected chi connectivity index (χ1v) is 9.40. The smallest absolute Gasteiger partial charge is 0.311 e. The number of carbonyl (C=O) groups is 4. The van der Waals surface area contributed by atoms with E-state index in [0.717, 1.165) is 30.6 Å². The second kappa shape index (κ2) is 7.13. The van der Waals surface area contributed by atoms with Gasteiger partial charge in [0.2, 0.25) is 11.8 Å². The number of hydrogen-bond acceptors (Lipinski definition) is 5. The van der Waals surface area contributed by atoms with Crippen molar-refractivity contribution in [3.8, 4) is 0 Å². The Labute approximate surface area is 157 Å². The van der Waals surface area contributed by atoms with Crippen LogP contribution in [0.25, 0.3) is 0 Å². The van der Waals surface area contributed by atoms with Crippen LogP contribution in [-0.2, 0) is 25.5 Å². The standard InChI is InChI=1S/C20H22N2O5/c23-17(14-3-5-16-13(7-14)4-6-18(24)21-16)11-27-20(26)15-8-19(25)22(10-15)9-12-1-2-12/h3,5,7,12,15H,1-2,4,6,8-11H2,(H,21,24)/t15-/m1/s1. The number of ketones is 1. The molecule has 2 heterocycles. The fourth-order valence-electron chi connectivity index (χ4n) is 3.61. The highest BCUT2D eigenvalue weighted by Gasteiger charge is 2.38. The Hall–Kier alpha value is -2.70. The maximum atomic E-state index is 12.4. The van der Waals surface area contributed by atoms with Crippen LogP contribution in [0, 0.1) is 11.8 Å². The summed E-state index contributed by atoms with van der Waals surface area (Å²) in [5.41, 5.74) is 2.08. The molecule has 0 bridgehead atoms. The van der Waals surface area contributed by atoms with Crippen LogP contribution in [0.4, 0.5) is 5.69 Å². The van der Waals surface area contributed by atoms with Gasteiger partial charge in [-0.3, -0.25) is 19.2 Å². The van der Waals surface area contributed by atoms with E-state index in [1.54, 1.807) is 23.1 Å². The number of likely N-dealkylation sites (tertiary alicyclic amines) is 1. The number of ether oxygens (including phenoxy) is 1. The normalized spacial score (nSPS) is 21.6. The van der Waals surface area contributed by atoms with Gasteiger partial charge in [-0.05, 0) is 48.9 Å².